The second-order valence-corrected chi connectivity index (χ2v) is 6.10. The summed E-state index contributed by atoms with van der Waals surface area (Å²) in [6.45, 7) is 12.2. The lowest BCUT2D eigenvalue weighted by molar-refractivity contribution is 0.636. The van der Waals surface area contributed by atoms with Gasteiger partial charge in [0.2, 0.25) is 0 Å². The van der Waals surface area contributed by atoms with Gasteiger partial charge in [0.25, 0.3) is 0 Å². The van der Waals surface area contributed by atoms with Gasteiger partial charge in [0.15, 0.2) is 0 Å². The molecule has 2 nitrogen and oxygen atoms in total. The lowest BCUT2D eigenvalue weighted by Crippen LogP contribution is -2.34. The van der Waals surface area contributed by atoms with E-state index in [0.29, 0.717) is 6.04 Å². The number of hydrogen-bond acceptors (Lipinski definition) is 2. The Morgan fingerprint density at radius 3 is 2.63 bits per heavy atom. The largest absolute Gasteiger partial charge is 0.369 e. The molecule has 0 heterocycles. The molecule has 1 saturated carbocycles. The number of benzene rings is 1. The first-order valence-corrected chi connectivity index (χ1v) is 7.68. The molecule has 1 aliphatic carbocycles. The van der Waals surface area contributed by atoms with Gasteiger partial charge in [-0.3, -0.25) is 0 Å². The van der Waals surface area contributed by atoms with E-state index in [1.54, 1.807) is 0 Å². The number of anilines is 1. The van der Waals surface area contributed by atoms with Crippen LogP contribution in [0.4, 0.5) is 5.69 Å². The fourth-order valence-corrected chi connectivity index (χ4v) is 2.56. The molecule has 0 amide bonds. The predicted molar refractivity (Wildman–Crippen MR) is 83.8 cm³/mol. The lowest BCUT2D eigenvalue weighted by atomic mass is 10.1. The first-order chi connectivity index (χ1) is 9.11. The minimum absolute atomic E-state index is 0.573. The lowest BCUT2D eigenvalue weighted by Gasteiger charge is -2.31. The zero-order valence-corrected chi connectivity index (χ0v) is 12.9. The van der Waals surface area contributed by atoms with E-state index in [1.807, 2.05) is 0 Å². The summed E-state index contributed by atoms with van der Waals surface area (Å²) in [6.07, 6.45) is 2.83. The van der Waals surface area contributed by atoms with Gasteiger partial charge < -0.3 is 10.2 Å². The number of nitrogens with zero attached hydrogens (tertiary/aromatic N) is 1. The van der Waals surface area contributed by atoms with Gasteiger partial charge in [0.1, 0.15) is 0 Å². The third kappa shape index (κ3) is 3.97. The van der Waals surface area contributed by atoms with Gasteiger partial charge >= 0.3 is 0 Å². The van der Waals surface area contributed by atoms with E-state index in [9.17, 15) is 0 Å². The highest BCUT2D eigenvalue weighted by Crippen LogP contribution is 2.33. The molecule has 1 aliphatic rings. The summed E-state index contributed by atoms with van der Waals surface area (Å²) in [5.74, 6) is 0.927. The van der Waals surface area contributed by atoms with Crippen molar-refractivity contribution in [1.29, 1.82) is 0 Å². The number of rotatable bonds is 7. The van der Waals surface area contributed by atoms with Crippen LogP contribution in [0.15, 0.2) is 18.2 Å². The maximum Gasteiger partial charge on any atom is 0.0414 e. The van der Waals surface area contributed by atoms with Crippen LogP contribution in [0, 0.1) is 12.8 Å². The van der Waals surface area contributed by atoms with E-state index in [1.165, 1.54) is 36.2 Å². The summed E-state index contributed by atoms with van der Waals surface area (Å²) >= 11 is 0. The average molecular weight is 260 g/mol. The fraction of sp³-hybridized carbons (Fsp3) is 0.647. The number of aryl methyl sites for hydroxylation is 1. The van der Waals surface area contributed by atoms with E-state index in [4.69, 9.17) is 0 Å². The van der Waals surface area contributed by atoms with Crippen molar-refractivity contribution in [1.82, 2.24) is 5.32 Å². The van der Waals surface area contributed by atoms with Crippen molar-refractivity contribution in [2.75, 3.05) is 18.0 Å². The van der Waals surface area contributed by atoms with Crippen LogP contribution in [-0.2, 0) is 6.54 Å². The molecule has 0 aromatic heterocycles. The zero-order chi connectivity index (χ0) is 13.8. The first-order valence-electron chi connectivity index (χ1n) is 7.68. The van der Waals surface area contributed by atoms with E-state index in [2.05, 4.69) is 56.1 Å². The van der Waals surface area contributed by atoms with Crippen molar-refractivity contribution >= 4 is 5.69 Å². The van der Waals surface area contributed by atoms with Gasteiger partial charge in [-0.2, -0.15) is 0 Å². The summed E-state index contributed by atoms with van der Waals surface area (Å²) in [4.78, 5) is 2.59. The van der Waals surface area contributed by atoms with Crippen molar-refractivity contribution < 1.29 is 0 Å². The Balaban J connectivity index is 2.22. The van der Waals surface area contributed by atoms with Crippen molar-refractivity contribution in [3.05, 3.63) is 29.3 Å². The van der Waals surface area contributed by atoms with Crippen LogP contribution in [-0.4, -0.2) is 19.1 Å². The molecule has 0 saturated heterocycles. The number of nitrogens with one attached hydrogen (secondary N) is 1. The second kappa shape index (κ2) is 6.42. The highest BCUT2D eigenvalue weighted by atomic mass is 15.2. The van der Waals surface area contributed by atoms with Gasteiger partial charge in [-0.05, 0) is 57.7 Å². The Labute approximate surface area is 118 Å². The van der Waals surface area contributed by atoms with Crippen LogP contribution < -0.4 is 10.2 Å². The SMILES string of the molecule is CCNCc1cc(C)ccc1N(CC1CC1)C(C)C. The van der Waals surface area contributed by atoms with Crippen molar-refractivity contribution in [2.24, 2.45) is 5.92 Å². The standard InChI is InChI=1S/C17H28N2/c1-5-18-11-16-10-14(4)6-9-17(16)19(13(2)3)12-15-7-8-15/h6,9-10,13,15,18H,5,7-8,11-12H2,1-4H3. The van der Waals surface area contributed by atoms with Crippen molar-refractivity contribution in [3.8, 4) is 0 Å². The maximum atomic E-state index is 3.47. The molecule has 1 N–H and O–H groups in total. The van der Waals surface area contributed by atoms with Crippen molar-refractivity contribution in [2.45, 2.75) is 53.1 Å². The van der Waals surface area contributed by atoms with Gasteiger partial charge in [0.05, 0.1) is 0 Å². The van der Waals surface area contributed by atoms with Crippen LogP contribution >= 0.6 is 0 Å². The van der Waals surface area contributed by atoms with E-state index in [0.717, 1.165) is 19.0 Å². The minimum Gasteiger partial charge on any atom is -0.369 e. The van der Waals surface area contributed by atoms with Crippen molar-refractivity contribution in [3.63, 3.8) is 0 Å². The Morgan fingerprint density at radius 1 is 1.32 bits per heavy atom. The summed E-state index contributed by atoms with van der Waals surface area (Å²) in [5, 5.41) is 3.47. The third-order valence-electron chi connectivity index (χ3n) is 3.89. The molecule has 0 atom stereocenters. The molecule has 0 spiro atoms. The molecule has 106 valence electrons. The highest BCUT2D eigenvalue weighted by molar-refractivity contribution is 5.55. The first kappa shape index (κ1) is 14.4. The van der Waals surface area contributed by atoms with E-state index < -0.39 is 0 Å². The molecular weight excluding hydrogens is 232 g/mol. The summed E-state index contributed by atoms with van der Waals surface area (Å²) < 4.78 is 0. The molecule has 0 radical (unpaired) electrons. The topological polar surface area (TPSA) is 15.3 Å². The van der Waals surface area contributed by atoms with E-state index >= 15 is 0 Å². The van der Waals surface area contributed by atoms with Gasteiger partial charge in [-0.15, -0.1) is 0 Å². The van der Waals surface area contributed by atoms with Crippen LogP contribution in [0.1, 0.15) is 44.7 Å². The molecule has 2 heteroatoms. The van der Waals surface area contributed by atoms with Gasteiger partial charge in [0, 0.05) is 24.8 Å². The maximum absolute atomic E-state index is 3.47. The second-order valence-electron chi connectivity index (χ2n) is 6.10. The van der Waals surface area contributed by atoms with Crippen LogP contribution in [0.2, 0.25) is 0 Å². The summed E-state index contributed by atoms with van der Waals surface area (Å²) in [5.41, 5.74) is 4.22. The average Bonchev–Trinajstić information content (AvgIpc) is 3.18. The molecular formula is C17H28N2. The molecule has 1 aromatic carbocycles. The highest BCUT2D eigenvalue weighted by Gasteiger charge is 2.26. The molecule has 0 aliphatic heterocycles. The quantitative estimate of drug-likeness (QED) is 0.803. The summed E-state index contributed by atoms with van der Waals surface area (Å²) in [7, 11) is 0. The fourth-order valence-electron chi connectivity index (χ4n) is 2.56. The summed E-state index contributed by atoms with van der Waals surface area (Å²) in [6, 6.07) is 7.46. The zero-order valence-electron chi connectivity index (χ0n) is 12.9. The molecule has 1 aromatic rings. The Kier molecular flexibility index (Phi) is 4.87. The Morgan fingerprint density at radius 2 is 2.05 bits per heavy atom. The normalized spacial score (nSPS) is 15.0. The predicted octanol–water partition coefficient (Wildman–Crippen LogP) is 3.73. The van der Waals surface area contributed by atoms with Crippen LogP contribution in [0.5, 0.6) is 0 Å². The molecule has 1 fully saturated rings. The molecule has 2 rings (SSSR count). The third-order valence-corrected chi connectivity index (χ3v) is 3.89. The Hall–Kier alpha value is -1.02. The van der Waals surface area contributed by atoms with Gasteiger partial charge in [-0.25, -0.2) is 0 Å². The minimum atomic E-state index is 0.573. The molecule has 0 unspecified atom stereocenters. The van der Waals surface area contributed by atoms with Gasteiger partial charge in [-0.1, -0.05) is 24.6 Å². The molecule has 19 heavy (non-hydrogen) atoms. The molecule has 0 bridgehead atoms. The smallest absolute Gasteiger partial charge is 0.0414 e. The Bertz CT molecular complexity index is 408. The monoisotopic (exact) mass is 260 g/mol. The number of hydrogen-bond donors (Lipinski definition) is 1. The van der Waals surface area contributed by atoms with E-state index in [-0.39, 0.29) is 0 Å². The van der Waals surface area contributed by atoms with Crippen LogP contribution in [0.3, 0.4) is 0 Å². The van der Waals surface area contributed by atoms with Crippen LogP contribution in [0.25, 0.3) is 0 Å².